The van der Waals surface area contributed by atoms with E-state index in [-0.39, 0.29) is 29.3 Å². The SMILES string of the molecule is NC1CCC(N2C(=O)Cc3cc(S(N)(=O)=O)ccc32)CC1. The van der Waals surface area contributed by atoms with Crippen LogP contribution in [0.15, 0.2) is 23.1 Å². The molecule has 0 bridgehead atoms. The summed E-state index contributed by atoms with van der Waals surface area (Å²) in [5, 5.41) is 5.14. The molecule has 21 heavy (non-hydrogen) atoms. The zero-order chi connectivity index (χ0) is 15.2. The molecule has 0 radical (unpaired) electrons. The van der Waals surface area contributed by atoms with Gasteiger partial charge in [0.25, 0.3) is 0 Å². The van der Waals surface area contributed by atoms with Crippen LogP contribution in [-0.4, -0.2) is 26.4 Å². The molecular formula is C14H19N3O3S. The van der Waals surface area contributed by atoms with Crippen molar-refractivity contribution in [2.75, 3.05) is 4.90 Å². The number of anilines is 1. The minimum Gasteiger partial charge on any atom is -0.328 e. The Morgan fingerprint density at radius 3 is 2.43 bits per heavy atom. The summed E-state index contributed by atoms with van der Waals surface area (Å²) in [7, 11) is -3.74. The quantitative estimate of drug-likeness (QED) is 0.829. The first kappa shape index (κ1) is 14.5. The molecule has 0 unspecified atom stereocenters. The highest BCUT2D eigenvalue weighted by molar-refractivity contribution is 7.89. The maximum Gasteiger partial charge on any atom is 0.238 e. The van der Waals surface area contributed by atoms with Crippen LogP contribution < -0.4 is 15.8 Å². The monoisotopic (exact) mass is 309 g/mol. The van der Waals surface area contributed by atoms with Gasteiger partial charge in [-0.05, 0) is 49.4 Å². The molecular weight excluding hydrogens is 290 g/mol. The van der Waals surface area contributed by atoms with Gasteiger partial charge in [0.05, 0.1) is 11.3 Å². The molecule has 1 aliphatic carbocycles. The van der Waals surface area contributed by atoms with E-state index in [2.05, 4.69) is 0 Å². The Bertz CT molecular complexity index is 679. The van der Waals surface area contributed by atoms with E-state index in [9.17, 15) is 13.2 Å². The molecule has 1 fully saturated rings. The fourth-order valence-corrected chi connectivity index (χ4v) is 3.82. The van der Waals surface area contributed by atoms with Crippen molar-refractivity contribution >= 4 is 21.6 Å². The van der Waals surface area contributed by atoms with Crippen LogP contribution in [0, 0.1) is 0 Å². The predicted molar refractivity (Wildman–Crippen MR) is 79.2 cm³/mol. The van der Waals surface area contributed by atoms with E-state index >= 15 is 0 Å². The Labute approximate surface area is 124 Å². The van der Waals surface area contributed by atoms with Gasteiger partial charge in [-0.1, -0.05) is 0 Å². The van der Waals surface area contributed by atoms with Crippen LogP contribution in [0.5, 0.6) is 0 Å². The second-order valence-electron chi connectivity index (χ2n) is 5.84. The molecule has 1 aromatic carbocycles. The average Bonchev–Trinajstić information content (AvgIpc) is 2.74. The third-order valence-corrected chi connectivity index (χ3v) is 5.27. The van der Waals surface area contributed by atoms with Crippen molar-refractivity contribution in [3.05, 3.63) is 23.8 Å². The van der Waals surface area contributed by atoms with Crippen molar-refractivity contribution in [1.82, 2.24) is 0 Å². The number of carbonyl (C=O) groups excluding carboxylic acids is 1. The Balaban J connectivity index is 1.92. The Kier molecular flexibility index (Phi) is 3.51. The fraction of sp³-hybridized carbons (Fsp3) is 0.500. The molecule has 6 nitrogen and oxygen atoms in total. The summed E-state index contributed by atoms with van der Waals surface area (Å²) in [6.07, 6.45) is 3.85. The average molecular weight is 309 g/mol. The standard InChI is InChI=1S/C14H19N3O3S/c15-10-1-3-11(4-2-10)17-13-6-5-12(21(16,19)20)7-9(13)8-14(17)18/h5-7,10-11H,1-4,8,15H2,(H2,16,19,20). The maximum atomic E-state index is 12.3. The van der Waals surface area contributed by atoms with Crippen molar-refractivity contribution in [1.29, 1.82) is 0 Å². The minimum absolute atomic E-state index is 0.0250. The van der Waals surface area contributed by atoms with Gasteiger partial charge in [-0.2, -0.15) is 0 Å². The van der Waals surface area contributed by atoms with E-state index in [1.807, 2.05) is 4.90 Å². The van der Waals surface area contributed by atoms with Crippen LogP contribution in [0.3, 0.4) is 0 Å². The van der Waals surface area contributed by atoms with Crippen LogP contribution in [0.1, 0.15) is 31.2 Å². The number of nitrogens with zero attached hydrogens (tertiary/aromatic N) is 1. The first-order valence-corrected chi connectivity index (χ1v) is 8.64. The molecule has 1 aliphatic heterocycles. The molecule has 7 heteroatoms. The molecule has 4 N–H and O–H groups in total. The molecule has 1 amide bonds. The van der Waals surface area contributed by atoms with E-state index in [1.54, 1.807) is 6.07 Å². The van der Waals surface area contributed by atoms with Crippen LogP contribution in [-0.2, 0) is 21.2 Å². The number of nitrogens with two attached hydrogens (primary N) is 2. The van der Waals surface area contributed by atoms with Crippen molar-refractivity contribution in [2.45, 2.75) is 49.1 Å². The van der Waals surface area contributed by atoms with Crippen molar-refractivity contribution in [3.63, 3.8) is 0 Å². The normalized spacial score (nSPS) is 26.0. The van der Waals surface area contributed by atoms with Gasteiger partial charge in [-0.25, -0.2) is 13.6 Å². The highest BCUT2D eigenvalue weighted by Gasteiger charge is 2.35. The summed E-state index contributed by atoms with van der Waals surface area (Å²) in [6, 6.07) is 5.06. The first-order chi connectivity index (χ1) is 9.86. The third-order valence-electron chi connectivity index (χ3n) is 4.36. The lowest BCUT2D eigenvalue weighted by Gasteiger charge is -2.33. The van der Waals surface area contributed by atoms with Crippen LogP contribution in [0.4, 0.5) is 5.69 Å². The molecule has 2 aliphatic rings. The van der Waals surface area contributed by atoms with Gasteiger partial charge in [0.15, 0.2) is 0 Å². The van der Waals surface area contributed by atoms with Crippen LogP contribution >= 0.6 is 0 Å². The smallest absolute Gasteiger partial charge is 0.238 e. The molecule has 1 saturated carbocycles. The summed E-state index contributed by atoms with van der Waals surface area (Å²) in [4.78, 5) is 14.2. The molecule has 3 rings (SSSR count). The summed E-state index contributed by atoms with van der Waals surface area (Å²) < 4.78 is 22.8. The Morgan fingerprint density at radius 2 is 1.81 bits per heavy atom. The number of hydrogen-bond acceptors (Lipinski definition) is 4. The number of benzene rings is 1. The molecule has 0 aromatic heterocycles. The molecule has 1 heterocycles. The summed E-state index contributed by atoms with van der Waals surface area (Å²) in [6.45, 7) is 0. The summed E-state index contributed by atoms with van der Waals surface area (Å²) in [5.74, 6) is 0.0250. The minimum atomic E-state index is -3.74. The third kappa shape index (κ3) is 2.68. The van der Waals surface area contributed by atoms with Crippen LogP contribution in [0.2, 0.25) is 0 Å². The van der Waals surface area contributed by atoms with E-state index in [0.717, 1.165) is 36.9 Å². The predicted octanol–water partition coefficient (Wildman–Crippen LogP) is 0.493. The molecule has 0 spiro atoms. The van der Waals surface area contributed by atoms with E-state index in [4.69, 9.17) is 10.9 Å². The van der Waals surface area contributed by atoms with Gasteiger partial charge < -0.3 is 10.6 Å². The highest BCUT2D eigenvalue weighted by Crippen LogP contribution is 2.36. The zero-order valence-corrected chi connectivity index (χ0v) is 12.5. The van der Waals surface area contributed by atoms with Crippen LogP contribution in [0.25, 0.3) is 0 Å². The number of amides is 1. The maximum absolute atomic E-state index is 12.3. The van der Waals surface area contributed by atoms with E-state index in [1.165, 1.54) is 12.1 Å². The van der Waals surface area contributed by atoms with Gasteiger partial charge >= 0.3 is 0 Å². The lowest BCUT2D eigenvalue weighted by molar-refractivity contribution is -0.118. The second kappa shape index (κ2) is 5.08. The van der Waals surface area contributed by atoms with Gasteiger partial charge in [0, 0.05) is 17.8 Å². The molecule has 1 aromatic rings. The number of sulfonamides is 1. The molecule has 114 valence electrons. The second-order valence-corrected chi connectivity index (χ2v) is 7.41. The summed E-state index contributed by atoms with van der Waals surface area (Å²) in [5.41, 5.74) is 7.46. The lowest BCUT2D eigenvalue weighted by Crippen LogP contribution is -2.42. The molecule has 0 saturated heterocycles. The van der Waals surface area contributed by atoms with Gasteiger partial charge in [0.2, 0.25) is 15.9 Å². The Morgan fingerprint density at radius 1 is 1.14 bits per heavy atom. The highest BCUT2D eigenvalue weighted by atomic mass is 32.2. The van der Waals surface area contributed by atoms with E-state index < -0.39 is 10.0 Å². The van der Waals surface area contributed by atoms with Crippen molar-refractivity contribution < 1.29 is 13.2 Å². The number of fused-ring (bicyclic) bond motifs is 1. The number of carbonyl (C=O) groups is 1. The van der Waals surface area contributed by atoms with Crippen molar-refractivity contribution in [2.24, 2.45) is 10.9 Å². The largest absolute Gasteiger partial charge is 0.328 e. The topological polar surface area (TPSA) is 106 Å². The van der Waals surface area contributed by atoms with E-state index in [0.29, 0.717) is 0 Å². The number of rotatable bonds is 2. The van der Waals surface area contributed by atoms with Gasteiger partial charge in [-0.3, -0.25) is 4.79 Å². The Hall–Kier alpha value is -1.44. The van der Waals surface area contributed by atoms with Gasteiger partial charge in [0.1, 0.15) is 0 Å². The lowest BCUT2D eigenvalue weighted by atomic mass is 9.90. The van der Waals surface area contributed by atoms with Crippen molar-refractivity contribution in [3.8, 4) is 0 Å². The number of primary sulfonamides is 1. The van der Waals surface area contributed by atoms with Gasteiger partial charge in [-0.15, -0.1) is 0 Å². The fourth-order valence-electron chi connectivity index (χ4n) is 3.26. The first-order valence-electron chi connectivity index (χ1n) is 7.09. The molecule has 0 atom stereocenters. The number of hydrogen-bond donors (Lipinski definition) is 2. The zero-order valence-electron chi connectivity index (χ0n) is 11.7. The summed E-state index contributed by atoms with van der Waals surface area (Å²) >= 11 is 0.